The largest absolute Gasteiger partial charge is 0.389 e. The van der Waals surface area contributed by atoms with Gasteiger partial charge in [-0.3, -0.25) is 0 Å². The van der Waals surface area contributed by atoms with Crippen molar-refractivity contribution in [3.05, 3.63) is 29.8 Å². The van der Waals surface area contributed by atoms with E-state index < -0.39 is 16.1 Å². The maximum Gasteiger partial charge on any atom is 0.240 e. The maximum atomic E-state index is 12.2. The van der Waals surface area contributed by atoms with E-state index in [1.54, 1.807) is 19.1 Å². The van der Waals surface area contributed by atoms with E-state index >= 15 is 0 Å². The van der Waals surface area contributed by atoms with Crippen molar-refractivity contribution in [3.8, 4) is 0 Å². The third-order valence-electron chi connectivity index (χ3n) is 3.55. The van der Waals surface area contributed by atoms with Crippen molar-refractivity contribution in [1.29, 1.82) is 0 Å². The number of rotatable bonds is 5. The maximum absolute atomic E-state index is 12.2. The predicted octanol–water partition coefficient (Wildman–Crippen LogP) is 1.44. The summed E-state index contributed by atoms with van der Waals surface area (Å²) in [7, 11) is -3.52. The normalized spacial score (nSPS) is 18.9. The van der Waals surface area contributed by atoms with Gasteiger partial charge in [-0.25, -0.2) is 13.1 Å². The Labute approximate surface area is 120 Å². The lowest BCUT2D eigenvalue weighted by molar-refractivity contribution is 0.0678. The fourth-order valence-electron chi connectivity index (χ4n) is 2.20. The van der Waals surface area contributed by atoms with E-state index in [0.717, 1.165) is 12.8 Å². The molecule has 0 amide bonds. The second kappa shape index (κ2) is 6.67. The van der Waals surface area contributed by atoms with Gasteiger partial charge >= 0.3 is 0 Å². The van der Waals surface area contributed by atoms with Crippen LogP contribution in [-0.2, 0) is 14.8 Å². The van der Waals surface area contributed by atoms with Crippen molar-refractivity contribution in [2.75, 3.05) is 19.8 Å². The Balaban J connectivity index is 2.03. The molecule has 0 aliphatic carbocycles. The standard InChI is InChI=1S/C14H21NO4S/c1-11(16)13-3-2-4-14(9-13)20(17,18)15-10-12-5-7-19-8-6-12/h2-4,9,11-12,15-16H,5-8,10H2,1H3. The number of aliphatic hydroxyl groups excluding tert-OH is 1. The van der Waals surface area contributed by atoms with Crippen LogP contribution < -0.4 is 4.72 Å². The van der Waals surface area contributed by atoms with Crippen LogP contribution in [-0.4, -0.2) is 33.3 Å². The second-order valence-electron chi connectivity index (χ2n) is 5.16. The van der Waals surface area contributed by atoms with Crippen LogP contribution in [0.5, 0.6) is 0 Å². The minimum Gasteiger partial charge on any atom is -0.389 e. The molecule has 112 valence electrons. The Morgan fingerprint density at radius 2 is 2.10 bits per heavy atom. The second-order valence-corrected chi connectivity index (χ2v) is 6.92. The molecule has 1 saturated heterocycles. The van der Waals surface area contributed by atoms with Crippen LogP contribution in [0, 0.1) is 5.92 Å². The number of hydrogen-bond donors (Lipinski definition) is 2. The van der Waals surface area contributed by atoms with Gasteiger partial charge in [0.25, 0.3) is 0 Å². The first-order chi connectivity index (χ1) is 9.49. The molecule has 1 aliphatic heterocycles. The quantitative estimate of drug-likeness (QED) is 0.863. The summed E-state index contributed by atoms with van der Waals surface area (Å²) in [6, 6.07) is 6.41. The highest BCUT2D eigenvalue weighted by molar-refractivity contribution is 7.89. The third kappa shape index (κ3) is 4.02. The van der Waals surface area contributed by atoms with Crippen molar-refractivity contribution >= 4 is 10.0 Å². The number of hydrogen-bond acceptors (Lipinski definition) is 4. The summed E-state index contributed by atoms with van der Waals surface area (Å²) in [5.41, 5.74) is 0.596. The summed E-state index contributed by atoms with van der Waals surface area (Å²) in [4.78, 5) is 0.197. The average molecular weight is 299 g/mol. The number of benzene rings is 1. The zero-order valence-corrected chi connectivity index (χ0v) is 12.4. The Kier molecular flexibility index (Phi) is 5.15. The van der Waals surface area contributed by atoms with Crippen LogP contribution in [0.25, 0.3) is 0 Å². The number of aliphatic hydroxyl groups is 1. The van der Waals surface area contributed by atoms with Gasteiger partial charge in [0.15, 0.2) is 0 Å². The van der Waals surface area contributed by atoms with Gasteiger partial charge in [-0.15, -0.1) is 0 Å². The zero-order chi connectivity index (χ0) is 14.6. The lowest BCUT2D eigenvalue weighted by atomic mass is 10.0. The molecular formula is C14H21NO4S. The molecule has 2 rings (SSSR count). The molecule has 1 aliphatic rings. The first kappa shape index (κ1) is 15.4. The Morgan fingerprint density at radius 1 is 1.40 bits per heavy atom. The van der Waals surface area contributed by atoms with Crippen LogP contribution in [0.1, 0.15) is 31.4 Å². The van der Waals surface area contributed by atoms with Crippen LogP contribution in [0.3, 0.4) is 0 Å². The minimum atomic E-state index is -3.52. The SMILES string of the molecule is CC(O)c1cccc(S(=O)(=O)NCC2CCOCC2)c1. The van der Waals surface area contributed by atoms with Crippen LogP contribution >= 0.6 is 0 Å². The van der Waals surface area contributed by atoms with Gasteiger partial charge in [0, 0.05) is 19.8 Å². The van der Waals surface area contributed by atoms with E-state index in [0.29, 0.717) is 31.2 Å². The van der Waals surface area contributed by atoms with Crippen LogP contribution in [0.2, 0.25) is 0 Å². The summed E-state index contributed by atoms with van der Waals surface area (Å²) in [5.74, 6) is 0.332. The summed E-state index contributed by atoms with van der Waals surface area (Å²) in [6.45, 7) is 3.44. The molecule has 0 radical (unpaired) electrons. The van der Waals surface area contributed by atoms with Crippen molar-refractivity contribution in [1.82, 2.24) is 4.72 Å². The summed E-state index contributed by atoms with van der Waals surface area (Å²) < 4.78 is 32.4. The predicted molar refractivity (Wildman–Crippen MR) is 75.8 cm³/mol. The molecule has 5 nitrogen and oxygen atoms in total. The Bertz CT molecular complexity index is 536. The number of ether oxygens (including phenoxy) is 1. The molecular weight excluding hydrogens is 278 g/mol. The summed E-state index contributed by atoms with van der Waals surface area (Å²) in [6.07, 6.45) is 1.09. The average Bonchev–Trinajstić information content (AvgIpc) is 2.46. The Hall–Kier alpha value is -0.950. The van der Waals surface area contributed by atoms with Gasteiger partial charge in [0.2, 0.25) is 10.0 Å². The molecule has 1 heterocycles. The van der Waals surface area contributed by atoms with E-state index in [4.69, 9.17) is 4.74 Å². The summed E-state index contributed by atoms with van der Waals surface area (Å²) in [5, 5.41) is 9.52. The third-order valence-corrected chi connectivity index (χ3v) is 4.97. The topological polar surface area (TPSA) is 75.6 Å². The highest BCUT2D eigenvalue weighted by atomic mass is 32.2. The van der Waals surface area contributed by atoms with Crippen molar-refractivity contribution in [3.63, 3.8) is 0 Å². The molecule has 1 unspecified atom stereocenters. The van der Waals surface area contributed by atoms with Crippen LogP contribution in [0.15, 0.2) is 29.2 Å². The van der Waals surface area contributed by atoms with Gasteiger partial charge in [0.1, 0.15) is 0 Å². The van der Waals surface area contributed by atoms with Crippen LogP contribution in [0.4, 0.5) is 0 Å². The lowest BCUT2D eigenvalue weighted by Gasteiger charge is -2.22. The highest BCUT2D eigenvalue weighted by Crippen LogP contribution is 2.18. The fraction of sp³-hybridized carbons (Fsp3) is 0.571. The molecule has 0 saturated carbocycles. The van der Waals surface area contributed by atoms with E-state index in [1.807, 2.05) is 0 Å². The van der Waals surface area contributed by atoms with Gasteiger partial charge in [-0.05, 0) is 43.4 Å². The monoisotopic (exact) mass is 299 g/mol. The summed E-state index contributed by atoms with van der Waals surface area (Å²) >= 11 is 0. The molecule has 0 bridgehead atoms. The molecule has 2 N–H and O–H groups in total. The Morgan fingerprint density at radius 3 is 2.75 bits per heavy atom. The van der Waals surface area contributed by atoms with E-state index in [2.05, 4.69) is 4.72 Å². The first-order valence-electron chi connectivity index (χ1n) is 6.84. The van der Waals surface area contributed by atoms with Gasteiger partial charge in [0.05, 0.1) is 11.0 Å². The zero-order valence-electron chi connectivity index (χ0n) is 11.6. The molecule has 0 spiro atoms. The van der Waals surface area contributed by atoms with Gasteiger partial charge < -0.3 is 9.84 Å². The van der Waals surface area contributed by atoms with E-state index in [-0.39, 0.29) is 4.90 Å². The highest BCUT2D eigenvalue weighted by Gasteiger charge is 2.19. The minimum absolute atomic E-state index is 0.197. The smallest absolute Gasteiger partial charge is 0.240 e. The van der Waals surface area contributed by atoms with Crippen molar-refractivity contribution in [2.24, 2.45) is 5.92 Å². The molecule has 1 aromatic rings. The molecule has 1 fully saturated rings. The molecule has 1 atom stereocenters. The molecule has 6 heteroatoms. The van der Waals surface area contributed by atoms with E-state index in [1.165, 1.54) is 12.1 Å². The van der Waals surface area contributed by atoms with E-state index in [9.17, 15) is 13.5 Å². The van der Waals surface area contributed by atoms with Crippen molar-refractivity contribution < 1.29 is 18.3 Å². The fourth-order valence-corrected chi connectivity index (χ4v) is 3.37. The number of nitrogens with one attached hydrogen (secondary N) is 1. The first-order valence-corrected chi connectivity index (χ1v) is 8.33. The molecule has 0 aromatic heterocycles. The molecule has 20 heavy (non-hydrogen) atoms. The molecule has 1 aromatic carbocycles. The number of sulfonamides is 1. The van der Waals surface area contributed by atoms with Gasteiger partial charge in [-0.2, -0.15) is 0 Å². The van der Waals surface area contributed by atoms with Crippen molar-refractivity contribution in [2.45, 2.75) is 30.8 Å². The lowest BCUT2D eigenvalue weighted by Crippen LogP contribution is -2.32. The van der Waals surface area contributed by atoms with Gasteiger partial charge in [-0.1, -0.05) is 12.1 Å².